The maximum atomic E-state index is 8.95. The van der Waals surface area contributed by atoms with E-state index >= 15 is 0 Å². The molecule has 19 heavy (non-hydrogen) atoms. The maximum absolute atomic E-state index is 8.95. The highest BCUT2D eigenvalue weighted by atomic mass is 16.5. The summed E-state index contributed by atoms with van der Waals surface area (Å²) in [5.74, 6) is 1.12. The van der Waals surface area contributed by atoms with Crippen LogP contribution in [-0.4, -0.2) is 24.9 Å². The van der Waals surface area contributed by atoms with Crippen molar-refractivity contribution in [2.75, 3.05) is 30.8 Å². The van der Waals surface area contributed by atoms with Gasteiger partial charge in [0.1, 0.15) is 5.75 Å². The topological polar surface area (TPSA) is 67.5 Å². The van der Waals surface area contributed by atoms with Crippen LogP contribution in [0.4, 0.5) is 11.4 Å². The molecule has 108 valence electrons. The number of aliphatic hydroxyl groups excluding tert-OH is 1. The lowest BCUT2D eigenvalue weighted by atomic mass is 10.1. The highest BCUT2D eigenvalue weighted by Crippen LogP contribution is 2.25. The van der Waals surface area contributed by atoms with Gasteiger partial charge in [0.15, 0.2) is 0 Å². The fourth-order valence-electron chi connectivity index (χ4n) is 1.76. The average molecular weight is 266 g/mol. The first kappa shape index (κ1) is 15.6. The minimum atomic E-state index is 0.261. The fourth-order valence-corrected chi connectivity index (χ4v) is 1.76. The molecule has 0 aliphatic heterocycles. The van der Waals surface area contributed by atoms with Crippen molar-refractivity contribution < 1.29 is 9.84 Å². The van der Waals surface area contributed by atoms with Crippen LogP contribution in [-0.2, 0) is 0 Å². The van der Waals surface area contributed by atoms with Gasteiger partial charge in [0.05, 0.1) is 12.3 Å². The van der Waals surface area contributed by atoms with Crippen LogP contribution in [0.15, 0.2) is 18.2 Å². The predicted molar refractivity (Wildman–Crippen MR) is 80.6 cm³/mol. The second-order valence-electron chi connectivity index (χ2n) is 4.96. The van der Waals surface area contributed by atoms with Crippen molar-refractivity contribution in [2.24, 2.45) is 5.92 Å². The van der Waals surface area contributed by atoms with Gasteiger partial charge in [-0.1, -0.05) is 13.8 Å². The monoisotopic (exact) mass is 266 g/mol. The summed E-state index contributed by atoms with van der Waals surface area (Å²) in [7, 11) is 0. The van der Waals surface area contributed by atoms with E-state index in [4.69, 9.17) is 15.6 Å². The third kappa shape index (κ3) is 5.83. The van der Waals surface area contributed by atoms with E-state index in [1.54, 1.807) is 0 Å². The van der Waals surface area contributed by atoms with E-state index in [1.807, 2.05) is 18.2 Å². The van der Waals surface area contributed by atoms with Gasteiger partial charge >= 0.3 is 0 Å². The Labute approximate surface area is 116 Å². The Morgan fingerprint density at radius 3 is 2.89 bits per heavy atom. The van der Waals surface area contributed by atoms with E-state index in [2.05, 4.69) is 19.2 Å². The van der Waals surface area contributed by atoms with E-state index in [0.29, 0.717) is 18.2 Å². The number of benzene rings is 1. The first-order valence-electron chi connectivity index (χ1n) is 7.04. The molecule has 1 rings (SSSR count). The molecule has 0 saturated carbocycles. The van der Waals surface area contributed by atoms with Crippen LogP contribution in [0.5, 0.6) is 5.75 Å². The Hall–Kier alpha value is -1.42. The molecule has 1 atom stereocenters. The van der Waals surface area contributed by atoms with Gasteiger partial charge in [-0.05, 0) is 37.3 Å². The Morgan fingerprint density at radius 1 is 1.42 bits per heavy atom. The molecular weight excluding hydrogens is 240 g/mol. The largest absolute Gasteiger partial charge is 0.491 e. The Bertz CT molecular complexity index is 369. The van der Waals surface area contributed by atoms with Gasteiger partial charge in [0, 0.05) is 24.9 Å². The number of ether oxygens (including phenoxy) is 1. The SMILES string of the molecule is CCCOc1cc(NCCCC(C)CO)ccc1N. The zero-order valence-corrected chi connectivity index (χ0v) is 12.0. The Kier molecular flexibility index (Phi) is 7.11. The quantitative estimate of drug-likeness (QED) is 0.475. The maximum Gasteiger partial charge on any atom is 0.144 e. The number of hydrogen-bond donors (Lipinski definition) is 3. The lowest BCUT2D eigenvalue weighted by molar-refractivity contribution is 0.229. The molecule has 0 amide bonds. The summed E-state index contributed by atoms with van der Waals surface area (Å²) in [6.07, 6.45) is 3.03. The number of rotatable bonds is 9. The number of nitrogens with one attached hydrogen (secondary N) is 1. The van der Waals surface area contributed by atoms with Crippen molar-refractivity contribution in [2.45, 2.75) is 33.1 Å². The summed E-state index contributed by atoms with van der Waals surface area (Å²) >= 11 is 0. The molecule has 0 fully saturated rings. The van der Waals surface area contributed by atoms with Crippen molar-refractivity contribution in [3.05, 3.63) is 18.2 Å². The standard InChI is InChI=1S/C15H26N2O2/c1-3-9-19-15-10-13(6-7-14(15)16)17-8-4-5-12(2)11-18/h6-7,10,12,17-18H,3-5,8-9,11,16H2,1-2H3. The zero-order valence-electron chi connectivity index (χ0n) is 12.0. The summed E-state index contributed by atoms with van der Waals surface area (Å²) in [5, 5.41) is 12.3. The zero-order chi connectivity index (χ0) is 14.1. The lowest BCUT2D eigenvalue weighted by Gasteiger charge is -2.12. The molecule has 0 spiro atoms. The summed E-state index contributed by atoms with van der Waals surface area (Å²) in [5.41, 5.74) is 7.56. The van der Waals surface area contributed by atoms with Gasteiger partial charge in [-0.2, -0.15) is 0 Å². The number of nitrogens with two attached hydrogens (primary N) is 1. The van der Waals surface area contributed by atoms with Crippen molar-refractivity contribution in [3.63, 3.8) is 0 Å². The highest BCUT2D eigenvalue weighted by Gasteiger charge is 2.03. The molecule has 4 nitrogen and oxygen atoms in total. The smallest absolute Gasteiger partial charge is 0.144 e. The Balaban J connectivity index is 2.41. The second kappa shape index (κ2) is 8.64. The molecule has 0 aliphatic rings. The molecule has 0 aliphatic carbocycles. The van der Waals surface area contributed by atoms with Gasteiger partial charge in [-0.15, -0.1) is 0 Å². The molecule has 1 unspecified atom stereocenters. The fraction of sp³-hybridized carbons (Fsp3) is 0.600. The van der Waals surface area contributed by atoms with Crippen LogP contribution in [0.1, 0.15) is 33.1 Å². The third-order valence-corrected chi connectivity index (χ3v) is 2.99. The van der Waals surface area contributed by atoms with Crippen LogP contribution in [0, 0.1) is 5.92 Å². The first-order valence-corrected chi connectivity index (χ1v) is 7.04. The van der Waals surface area contributed by atoms with E-state index in [9.17, 15) is 0 Å². The molecule has 0 bridgehead atoms. The van der Waals surface area contributed by atoms with Gasteiger partial charge < -0.3 is 20.9 Å². The summed E-state index contributed by atoms with van der Waals surface area (Å²) < 4.78 is 5.59. The van der Waals surface area contributed by atoms with Crippen molar-refractivity contribution >= 4 is 11.4 Å². The van der Waals surface area contributed by atoms with Gasteiger partial charge in [0.25, 0.3) is 0 Å². The molecular formula is C15H26N2O2. The van der Waals surface area contributed by atoms with Crippen LogP contribution in [0.2, 0.25) is 0 Å². The van der Waals surface area contributed by atoms with Gasteiger partial charge in [0.2, 0.25) is 0 Å². The third-order valence-electron chi connectivity index (χ3n) is 2.99. The van der Waals surface area contributed by atoms with Gasteiger partial charge in [-0.3, -0.25) is 0 Å². The first-order chi connectivity index (χ1) is 9.17. The van der Waals surface area contributed by atoms with Crippen molar-refractivity contribution in [3.8, 4) is 5.75 Å². The highest BCUT2D eigenvalue weighted by molar-refractivity contribution is 5.61. The molecule has 1 aromatic carbocycles. The lowest BCUT2D eigenvalue weighted by Crippen LogP contribution is -2.07. The van der Waals surface area contributed by atoms with Crippen molar-refractivity contribution in [1.82, 2.24) is 0 Å². The molecule has 0 heterocycles. The number of anilines is 2. The normalized spacial score (nSPS) is 12.2. The van der Waals surface area contributed by atoms with E-state index in [0.717, 1.165) is 37.2 Å². The predicted octanol–water partition coefficient (Wildman–Crippen LogP) is 2.88. The average Bonchev–Trinajstić information content (AvgIpc) is 2.43. The number of hydrogen-bond acceptors (Lipinski definition) is 4. The van der Waals surface area contributed by atoms with Crippen molar-refractivity contribution in [1.29, 1.82) is 0 Å². The molecule has 0 aromatic heterocycles. The molecule has 0 saturated heterocycles. The summed E-state index contributed by atoms with van der Waals surface area (Å²) in [6, 6.07) is 5.77. The number of nitrogen functional groups attached to an aromatic ring is 1. The molecule has 0 radical (unpaired) electrons. The van der Waals surface area contributed by atoms with Crippen LogP contribution in [0.3, 0.4) is 0 Å². The van der Waals surface area contributed by atoms with Gasteiger partial charge in [-0.25, -0.2) is 0 Å². The van der Waals surface area contributed by atoms with Crippen LogP contribution < -0.4 is 15.8 Å². The molecule has 4 N–H and O–H groups in total. The van der Waals surface area contributed by atoms with E-state index in [-0.39, 0.29) is 6.61 Å². The van der Waals surface area contributed by atoms with Crippen LogP contribution in [0.25, 0.3) is 0 Å². The minimum absolute atomic E-state index is 0.261. The summed E-state index contributed by atoms with van der Waals surface area (Å²) in [6.45, 7) is 5.96. The van der Waals surface area contributed by atoms with Crippen LogP contribution >= 0.6 is 0 Å². The Morgan fingerprint density at radius 2 is 2.21 bits per heavy atom. The van der Waals surface area contributed by atoms with E-state index in [1.165, 1.54) is 0 Å². The molecule has 4 heteroatoms. The van der Waals surface area contributed by atoms with E-state index < -0.39 is 0 Å². The molecule has 1 aromatic rings. The number of aliphatic hydroxyl groups is 1. The second-order valence-corrected chi connectivity index (χ2v) is 4.96. The summed E-state index contributed by atoms with van der Waals surface area (Å²) in [4.78, 5) is 0. The minimum Gasteiger partial charge on any atom is -0.491 e.